The normalized spacial score (nSPS) is 22.8. The zero-order valence-corrected chi connectivity index (χ0v) is 12.9. The highest BCUT2D eigenvalue weighted by molar-refractivity contribution is 5.95. The number of rotatable bonds is 3. The molecule has 0 spiro atoms. The Morgan fingerprint density at radius 2 is 2.09 bits per heavy atom. The standard InChI is InChI=1S/C16H23N3O3/c1-11-13(6-10-22-11)15(20)18-12-4-8-19(9-5-12)16(21)14-3-2-7-17-14/h6,10,12,14,17H,2-5,7-9H2,1H3,(H,18,20). The Bertz CT molecular complexity index is 541. The maximum atomic E-state index is 12.3. The maximum Gasteiger partial charge on any atom is 0.255 e. The molecule has 2 fully saturated rings. The first-order valence-corrected chi connectivity index (χ1v) is 8.02. The molecule has 2 N–H and O–H groups in total. The molecule has 2 amide bonds. The van der Waals surface area contributed by atoms with Crippen LogP contribution in [0.3, 0.4) is 0 Å². The number of nitrogens with one attached hydrogen (secondary N) is 2. The smallest absolute Gasteiger partial charge is 0.255 e. The van der Waals surface area contributed by atoms with Crippen LogP contribution >= 0.6 is 0 Å². The Morgan fingerprint density at radius 3 is 2.68 bits per heavy atom. The topological polar surface area (TPSA) is 74.6 Å². The number of furan rings is 1. The minimum Gasteiger partial charge on any atom is -0.469 e. The van der Waals surface area contributed by atoms with Crippen LogP contribution in [-0.2, 0) is 4.79 Å². The highest BCUT2D eigenvalue weighted by Gasteiger charge is 2.30. The molecule has 2 aliphatic heterocycles. The third-order valence-corrected chi connectivity index (χ3v) is 4.60. The number of nitrogens with zero attached hydrogens (tertiary/aromatic N) is 1. The first-order chi connectivity index (χ1) is 10.6. The van der Waals surface area contributed by atoms with Crippen LogP contribution in [-0.4, -0.2) is 48.4 Å². The van der Waals surface area contributed by atoms with Gasteiger partial charge in [-0.1, -0.05) is 0 Å². The van der Waals surface area contributed by atoms with Crippen LogP contribution < -0.4 is 10.6 Å². The summed E-state index contributed by atoms with van der Waals surface area (Å²) in [5, 5.41) is 6.29. The molecule has 0 radical (unpaired) electrons. The van der Waals surface area contributed by atoms with Gasteiger partial charge in [-0.05, 0) is 45.2 Å². The molecule has 3 heterocycles. The number of piperidine rings is 1. The molecule has 22 heavy (non-hydrogen) atoms. The first kappa shape index (κ1) is 15.1. The number of carbonyl (C=O) groups excluding carboxylic acids is 2. The van der Waals surface area contributed by atoms with Gasteiger partial charge in [0.25, 0.3) is 5.91 Å². The molecule has 1 atom stereocenters. The number of aryl methyl sites for hydroxylation is 1. The minimum atomic E-state index is -0.0894. The van der Waals surface area contributed by atoms with Gasteiger partial charge in [0, 0.05) is 19.1 Å². The van der Waals surface area contributed by atoms with Gasteiger partial charge in [0.05, 0.1) is 17.9 Å². The van der Waals surface area contributed by atoms with Crippen LogP contribution in [0.2, 0.25) is 0 Å². The Kier molecular flexibility index (Phi) is 4.47. The summed E-state index contributed by atoms with van der Waals surface area (Å²) in [5.74, 6) is 0.763. The molecule has 0 bridgehead atoms. The third kappa shape index (κ3) is 3.16. The molecule has 120 valence electrons. The number of hydrogen-bond donors (Lipinski definition) is 2. The Hall–Kier alpha value is -1.82. The van der Waals surface area contributed by atoms with Crippen LogP contribution in [0.4, 0.5) is 0 Å². The molecule has 0 aliphatic carbocycles. The van der Waals surface area contributed by atoms with E-state index >= 15 is 0 Å². The summed E-state index contributed by atoms with van der Waals surface area (Å²) < 4.78 is 5.16. The van der Waals surface area contributed by atoms with Crippen molar-refractivity contribution in [1.82, 2.24) is 15.5 Å². The van der Waals surface area contributed by atoms with Crippen LogP contribution in [0.15, 0.2) is 16.7 Å². The summed E-state index contributed by atoms with van der Waals surface area (Å²) >= 11 is 0. The highest BCUT2D eigenvalue weighted by atomic mass is 16.3. The summed E-state index contributed by atoms with van der Waals surface area (Å²) in [4.78, 5) is 26.4. The van der Waals surface area contributed by atoms with Crippen molar-refractivity contribution in [2.24, 2.45) is 0 Å². The molecular formula is C16H23N3O3. The van der Waals surface area contributed by atoms with E-state index in [-0.39, 0.29) is 23.9 Å². The van der Waals surface area contributed by atoms with Crippen LogP contribution in [0.25, 0.3) is 0 Å². The van der Waals surface area contributed by atoms with E-state index in [2.05, 4.69) is 10.6 Å². The molecule has 0 saturated carbocycles. The molecule has 6 nitrogen and oxygen atoms in total. The first-order valence-electron chi connectivity index (χ1n) is 8.02. The summed E-state index contributed by atoms with van der Waals surface area (Å²) in [6, 6.07) is 1.82. The van der Waals surface area contributed by atoms with Crippen molar-refractivity contribution in [3.8, 4) is 0 Å². The fourth-order valence-electron chi connectivity index (χ4n) is 3.24. The monoisotopic (exact) mass is 305 g/mol. The SMILES string of the molecule is Cc1occc1C(=O)NC1CCN(C(=O)C2CCCN2)CC1. The second kappa shape index (κ2) is 6.52. The lowest BCUT2D eigenvalue weighted by Gasteiger charge is -2.33. The van der Waals surface area contributed by atoms with Gasteiger partial charge in [-0.3, -0.25) is 9.59 Å². The Balaban J connectivity index is 1.48. The van der Waals surface area contributed by atoms with E-state index in [4.69, 9.17) is 4.42 Å². The molecule has 6 heteroatoms. The van der Waals surface area contributed by atoms with E-state index < -0.39 is 0 Å². The van der Waals surface area contributed by atoms with E-state index in [9.17, 15) is 9.59 Å². The van der Waals surface area contributed by atoms with Gasteiger partial charge in [0.1, 0.15) is 5.76 Å². The molecule has 2 aliphatic rings. The van der Waals surface area contributed by atoms with Crippen molar-refractivity contribution in [3.05, 3.63) is 23.7 Å². The average Bonchev–Trinajstić information content (AvgIpc) is 3.18. The summed E-state index contributed by atoms with van der Waals surface area (Å²) in [7, 11) is 0. The van der Waals surface area contributed by atoms with Crippen molar-refractivity contribution in [3.63, 3.8) is 0 Å². The maximum absolute atomic E-state index is 12.3. The van der Waals surface area contributed by atoms with Crippen LogP contribution in [0, 0.1) is 6.92 Å². The van der Waals surface area contributed by atoms with E-state index in [0.717, 1.165) is 32.2 Å². The molecule has 1 aromatic heterocycles. The van der Waals surface area contributed by atoms with Gasteiger partial charge in [-0.15, -0.1) is 0 Å². The Morgan fingerprint density at radius 1 is 1.32 bits per heavy atom. The van der Waals surface area contributed by atoms with E-state index in [1.54, 1.807) is 13.0 Å². The number of amides is 2. The van der Waals surface area contributed by atoms with Crippen molar-refractivity contribution >= 4 is 11.8 Å². The predicted molar refractivity (Wildman–Crippen MR) is 81.5 cm³/mol. The fraction of sp³-hybridized carbons (Fsp3) is 0.625. The zero-order chi connectivity index (χ0) is 15.5. The minimum absolute atomic E-state index is 0.000258. The van der Waals surface area contributed by atoms with Crippen molar-refractivity contribution in [2.75, 3.05) is 19.6 Å². The van der Waals surface area contributed by atoms with Crippen molar-refractivity contribution < 1.29 is 14.0 Å². The van der Waals surface area contributed by atoms with Crippen molar-refractivity contribution in [2.45, 2.75) is 44.7 Å². The lowest BCUT2D eigenvalue weighted by molar-refractivity contribution is -0.134. The van der Waals surface area contributed by atoms with Gasteiger partial charge in [-0.25, -0.2) is 0 Å². The van der Waals surface area contributed by atoms with E-state index in [1.165, 1.54) is 6.26 Å². The van der Waals surface area contributed by atoms with Gasteiger partial charge < -0.3 is 20.0 Å². The second-order valence-electron chi connectivity index (χ2n) is 6.11. The van der Waals surface area contributed by atoms with E-state index in [0.29, 0.717) is 24.4 Å². The van der Waals surface area contributed by atoms with Gasteiger partial charge >= 0.3 is 0 Å². The molecule has 1 unspecified atom stereocenters. The summed E-state index contributed by atoms with van der Waals surface area (Å²) in [6.45, 7) is 4.15. The number of hydrogen-bond acceptors (Lipinski definition) is 4. The lowest BCUT2D eigenvalue weighted by Crippen LogP contribution is -2.50. The van der Waals surface area contributed by atoms with Gasteiger partial charge in [-0.2, -0.15) is 0 Å². The van der Waals surface area contributed by atoms with Crippen LogP contribution in [0.5, 0.6) is 0 Å². The molecule has 1 aromatic rings. The number of likely N-dealkylation sites (tertiary alicyclic amines) is 1. The van der Waals surface area contributed by atoms with Gasteiger partial charge in [0.2, 0.25) is 5.91 Å². The van der Waals surface area contributed by atoms with Crippen molar-refractivity contribution in [1.29, 1.82) is 0 Å². The summed E-state index contributed by atoms with van der Waals surface area (Å²) in [6.07, 6.45) is 5.16. The predicted octanol–water partition coefficient (Wildman–Crippen LogP) is 1.06. The average molecular weight is 305 g/mol. The quantitative estimate of drug-likeness (QED) is 0.876. The number of carbonyl (C=O) groups is 2. The molecular weight excluding hydrogens is 282 g/mol. The van der Waals surface area contributed by atoms with Crippen LogP contribution in [0.1, 0.15) is 41.8 Å². The largest absolute Gasteiger partial charge is 0.469 e. The lowest BCUT2D eigenvalue weighted by atomic mass is 10.0. The third-order valence-electron chi connectivity index (χ3n) is 4.60. The second-order valence-corrected chi connectivity index (χ2v) is 6.11. The van der Waals surface area contributed by atoms with E-state index in [1.807, 2.05) is 4.90 Å². The van der Waals surface area contributed by atoms with Gasteiger partial charge in [0.15, 0.2) is 0 Å². The molecule has 0 aromatic carbocycles. The zero-order valence-electron chi connectivity index (χ0n) is 12.9. The fourth-order valence-corrected chi connectivity index (χ4v) is 3.24. The molecule has 2 saturated heterocycles. The highest BCUT2D eigenvalue weighted by Crippen LogP contribution is 2.16. The Labute approximate surface area is 130 Å². The molecule has 3 rings (SSSR count). The summed E-state index contributed by atoms with van der Waals surface area (Å²) in [5.41, 5.74) is 0.591.